The lowest BCUT2D eigenvalue weighted by molar-refractivity contribution is -0.137. The monoisotopic (exact) mass is 309 g/mol. The molecule has 1 atom stereocenters. The zero-order valence-corrected chi connectivity index (χ0v) is 11.5. The molecular formula is C16H14F3NO2. The molecule has 0 aliphatic rings. The van der Waals surface area contributed by atoms with E-state index in [0.717, 1.165) is 12.1 Å². The quantitative estimate of drug-likeness (QED) is 0.911. The maximum atomic E-state index is 12.9. The predicted octanol–water partition coefficient (Wildman–Crippen LogP) is 3.17. The molecule has 2 aromatic rings. The molecule has 0 saturated carbocycles. The molecule has 0 fully saturated rings. The van der Waals surface area contributed by atoms with Gasteiger partial charge in [-0.2, -0.15) is 13.2 Å². The van der Waals surface area contributed by atoms with Gasteiger partial charge in [0.15, 0.2) is 0 Å². The van der Waals surface area contributed by atoms with Crippen molar-refractivity contribution in [2.45, 2.75) is 12.2 Å². The van der Waals surface area contributed by atoms with E-state index in [1.165, 1.54) is 12.1 Å². The van der Waals surface area contributed by atoms with Crippen LogP contribution in [0.5, 0.6) is 0 Å². The van der Waals surface area contributed by atoms with Gasteiger partial charge in [0.25, 0.3) is 5.91 Å². The standard InChI is InChI=1S/C16H14F3NO2/c17-16(18,19)13-9-5-4-8-12(13)15(22)20-14(10-21)11-6-2-1-3-7-11/h1-9,14,21H,10H2,(H,20,22)/t14-/m1/s1. The van der Waals surface area contributed by atoms with Gasteiger partial charge in [-0.3, -0.25) is 4.79 Å². The van der Waals surface area contributed by atoms with E-state index >= 15 is 0 Å². The summed E-state index contributed by atoms with van der Waals surface area (Å²) in [4.78, 5) is 12.1. The lowest BCUT2D eigenvalue weighted by atomic mass is 10.0. The maximum absolute atomic E-state index is 12.9. The first kappa shape index (κ1) is 16.0. The summed E-state index contributed by atoms with van der Waals surface area (Å²) in [5.41, 5.74) is -0.857. The van der Waals surface area contributed by atoms with Crippen molar-refractivity contribution < 1.29 is 23.1 Å². The molecular weight excluding hydrogens is 295 g/mol. The van der Waals surface area contributed by atoms with Crippen LogP contribution in [0.1, 0.15) is 27.5 Å². The zero-order chi connectivity index (χ0) is 16.2. The van der Waals surface area contributed by atoms with E-state index in [1.54, 1.807) is 30.3 Å². The number of hydrogen-bond donors (Lipinski definition) is 2. The topological polar surface area (TPSA) is 49.3 Å². The Balaban J connectivity index is 2.26. The molecule has 2 rings (SSSR count). The molecule has 0 aromatic heterocycles. The van der Waals surface area contributed by atoms with Crippen LogP contribution in [0, 0.1) is 0 Å². The minimum Gasteiger partial charge on any atom is -0.394 e. The van der Waals surface area contributed by atoms with Crippen molar-refractivity contribution in [2.75, 3.05) is 6.61 Å². The molecule has 1 amide bonds. The van der Waals surface area contributed by atoms with Crippen LogP contribution in [0.25, 0.3) is 0 Å². The molecule has 0 saturated heterocycles. The van der Waals surface area contributed by atoms with Crippen molar-refractivity contribution >= 4 is 5.91 Å². The second-order valence-electron chi connectivity index (χ2n) is 4.66. The van der Waals surface area contributed by atoms with Crippen molar-refractivity contribution in [1.82, 2.24) is 5.32 Å². The second kappa shape index (κ2) is 6.62. The SMILES string of the molecule is O=C(N[C@H](CO)c1ccccc1)c1ccccc1C(F)(F)F. The van der Waals surface area contributed by atoms with E-state index in [2.05, 4.69) is 5.32 Å². The molecule has 0 radical (unpaired) electrons. The molecule has 0 unspecified atom stereocenters. The number of hydrogen-bond acceptors (Lipinski definition) is 2. The lowest BCUT2D eigenvalue weighted by Crippen LogP contribution is -2.32. The highest BCUT2D eigenvalue weighted by molar-refractivity contribution is 5.96. The third-order valence-electron chi connectivity index (χ3n) is 3.17. The molecule has 0 heterocycles. The summed E-state index contributed by atoms with van der Waals surface area (Å²) >= 11 is 0. The first-order valence-corrected chi connectivity index (χ1v) is 6.56. The molecule has 22 heavy (non-hydrogen) atoms. The normalized spacial score (nSPS) is 12.7. The van der Waals surface area contributed by atoms with Crippen LogP contribution < -0.4 is 5.32 Å². The summed E-state index contributed by atoms with van der Waals surface area (Å²) in [7, 11) is 0. The molecule has 0 aliphatic heterocycles. The van der Waals surface area contributed by atoms with Crippen molar-refractivity contribution in [3.8, 4) is 0 Å². The van der Waals surface area contributed by atoms with E-state index < -0.39 is 35.9 Å². The highest BCUT2D eigenvalue weighted by Gasteiger charge is 2.35. The van der Waals surface area contributed by atoms with Gasteiger partial charge < -0.3 is 10.4 Å². The number of alkyl halides is 3. The summed E-state index contributed by atoms with van der Waals surface area (Å²) in [6.45, 7) is -0.413. The third kappa shape index (κ3) is 3.65. The van der Waals surface area contributed by atoms with Gasteiger partial charge in [0.2, 0.25) is 0 Å². The predicted molar refractivity (Wildman–Crippen MR) is 75.2 cm³/mol. The Morgan fingerprint density at radius 3 is 2.23 bits per heavy atom. The van der Waals surface area contributed by atoms with Crippen molar-refractivity contribution in [3.05, 3.63) is 71.3 Å². The molecule has 0 bridgehead atoms. The Hall–Kier alpha value is -2.34. The summed E-state index contributed by atoms with van der Waals surface area (Å²) < 4.78 is 38.8. The minimum absolute atomic E-state index is 0.413. The molecule has 116 valence electrons. The zero-order valence-electron chi connectivity index (χ0n) is 11.5. The fourth-order valence-corrected chi connectivity index (χ4v) is 2.08. The van der Waals surface area contributed by atoms with Crippen LogP contribution in [0.3, 0.4) is 0 Å². The fourth-order valence-electron chi connectivity index (χ4n) is 2.08. The summed E-state index contributed by atoms with van der Waals surface area (Å²) in [6, 6.07) is 12.3. The molecule has 2 N–H and O–H groups in total. The Bertz CT molecular complexity index is 641. The molecule has 2 aromatic carbocycles. The first-order valence-electron chi connectivity index (χ1n) is 6.56. The smallest absolute Gasteiger partial charge is 0.394 e. The number of carbonyl (C=O) groups excluding carboxylic acids is 1. The van der Waals surface area contributed by atoms with Gasteiger partial charge in [0.1, 0.15) is 0 Å². The lowest BCUT2D eigenvalue weighted by Gasteiger charge is -2.18. The van der Waals surface area contributed by atoms with E-state index in [0.29, 0.717) is 5.56 Å². The van der Waals surface area contributed by atoms with Crippen molar-refractivity contribution in [1.29, 1.82) is 0 Å². The number of carbonyl (C=O) groups is 1. The molecule has 0 aliphatic carbocycles. The van der Waals surface area contributed by atoms with Crippen LogP contribution in [-0.4, -0.2) is 17.6 Å². The van der Waals surface area contributed by atoms with Crippen LogP contribution in [0.2, 0.25) is 0 Å². The number of aliphatic hydroxyl groups excluding tert-OH is 1. The minimum atomic E-state index is -4.62. The molecule has 3 nitrogen and oxygen atoms in total. The van der Waals surface area contributed by atoms with Crippen LogP contribution in [0.4, 0.5) is 13.2 Å². The third-order valence-corrected chi connectivity index (χ3v) is 3.17. The average Bonchev–Trinajstić information content (AvgIpc) is 2.52. The van der Waals surface area contributed by atoms with Crippen LogP contribution in [-0.2, 0) is 6.18 Å². The van der Waals surface area contributed by atoms with E-state index in [-0.39, 0.29) is 0 Å². The van der Waals surface area contributed by atoms with Crippen molar-refractivity contribution in [3.63, 3.8) is 0 Å². The number of amides is 1. The van der Waals surface area contributed by atoms with Crippen molar-refractivity contribution in [2.24, 2.45) is 0 Å². The fraction of sp³-hybridized carbons (Fsp3) is 0.188. The Morgan fingerprint density at radius 2 is 1.64 bits per heavy atom. The largest absolute Gasteiger partial charge is 0.417 e. The number of nitrogens with one attached hydrogen (secondary N) is 1. The molecule has 6 heteroatoms. The van der Waals surface area contributed by atoms with Gasteiger partial charge in [-0.25, -0.2) is 0 Å². The number of rotatable bonds is 4. The van der Waals surface area contributed by atoms with E-state index in [4.69, 9.17) is 0 Å². The number of aliphatic hydroxyl groups is 1. The second-order valence-corrected chi connectivity index (χ2v) is 4.66. The summed E-state index contributed by atoms with van der Waals surface area (Å²) in [5.74, 6) is -0.879. The van der Waals surface area contributed by atoms with Gasteiger partial charge in [-0.05, 0) is 17.7 Å². The average molecular weight is 309 g/mol. The van der Waals surface area contributed by atoms with Crippen LogP contribution in [0.15, 0.2) is 54.6 Å². The Labute approximate surface area is 125 Å². The molecule has 0 spiro atoms. The van der Waals surface area contributed by atoms with Gasteiger partial charge in [-0.1, -0.05) is 42.5 Å². The highest BCUT2D eigenvalue weighted by atomic mass is 19.4. The number of benzene rings is 2. The Kier molecular flexibility index (Phi) is 4.82. The van der Waals surface area contributed by atoms with Crippen LogP contribution >= 0.6 is 0 Å². The van der Waals surface area contributed by atoms with Gasteiger partial charge in [0, 0.05) is 0 Å². The van der Waals surface area contributed by atoms with Gasteiger partial charge >= 0.3 is 6.18 Å². The van der Waals surface area contributed by atoms with Gasteiger partial charge in [-0.15, -0.1) is 0 Å². The first-order chi connectivity index (χ1) is 10.4. The Morgan fingerprint density at radius 1 is 1.05 bits per heavy atom. The van der Waals surface area contributed by atoms with E-state index in [1.807, 2.05) is 0 Å². The maximum Gasteiger partial charge on any atom is 0.417 e. The summed E-state index contributed by atoms with van der Waals surface area (Å²) in [5, 5.41) is 11.8. The summed E-state index contributed by atoms with van der Waals surface area (Å²) in [6.07, 6.45) is -4.62. The highest BCUT2D eigenvalue weighted by Crippen LogP contribution is 2.32. The van der Waals surface area contributed by atoms with E-state index in [9.17, 15) is 23.1 Å². The van der Waals surface area contributed by atoms with Gasteiger partial charge in [0.05, 0.1) is 23.8 Å². The number of halogens is 3.